The van der Waals surface area contributed by atoms with Gasteiger partial charge in [0.1, 0.15) is 5.69 Å². The molecule has 0 fully saturated rings. The van der Waals surface area contributed by atoms with Crippen LogP contribution in [0.2, 0.25) is 0 Å². The van der Waals surface area contributed by atoms with Gasteiger partial charge in [0.25, 0.3) is 0 Å². The third kappa shape index (κ3) is 2.90. The molecule has 120 valence electrons. The van der Waals surface area contributed by atoms with Gasteiger partial charge < -0.3 is 14.5 Å². The number of furan rings is 1. The molecule has 1 N–H and O–H groups in total. The molecule has 4 rings (SSSR count). The second-order valence-corrected chi connectivity index (χ2v) is 5.67. The van der Waals surface area contributed by atoms with Crippen molar-refractivity contribution in [3.8, 4) is 11.3 Å². The van der Waals surface area contributed by atoms with Crippen molar-refractivity contribution in [2.45, 2.75) is 25.8 Å². The Morgan fingerprint density at radius 2 is 2.39 bits per heavy atom. The van der Waals surface area contributed by atoms with E-state index in [9.17, 15) is 0 Å². The molecule has 0 saturated carbocycles. The van der Waals surface area contributed by atoms with Crippen molar-refractivity contribution in [2.24, 2.45) is 7.05 Å². The number of hydrogen-bond acceptors (Lipinski definition) is 6. The predicted molar refractivity (Wildman–Crippen MR) is 81.2 cm³/mol. The molecule has 3 aromatic rings. The summed E-state index contributed by atoms with van der Waals surface area (Å²) in [5, 5.41) is 16.1. The summed E-state index contributed by atoms with van der Waals surface area (Å²) in [5.74, 6) is 0. The Morgan fingerprint density at radius 3 is 3.17 bits per heavy atom. The largest absolute Gasteiger partial charge is 0.472 e. The summed E-state index contributed by atoms with van der Waals surface area (Å²) >= 11 is 0. The maximum absolute atomic E-state index is 5.94. The molecule has 0 aromatic carbocycles. The van der Waals surface area contributed by atoms with E-state index in [0.29, 0.717) is 13.2 Å². The minimum Gasteiger partial charge on any atom is -0.472 e. The molecule has 0 amide bonds. The normalized spacial score (nSPS) is 17.3. The van der Waals surface area contributed by atoms with Crippen LogP contribution in [0.15, 0.2) is 35.4 Å². The highest BCUT2D eigenvalue weighted by molar-refractivity contribution is 5.59. The quantitative estimate of drug-likeness (QED) is 0.755. The van der Waals surface area contributed by atoms with Crippen molar-refractivity contribution >= 4 is 0 Å². The molecule has 0 bridgehead atoms. The van der Waals surface area contributed by atoms with Crippen LogP contribution in [0.25, 0.3) is 11.3 Å². The van der Waals surface area contributed by atoms with E-state index in [0.717, 1.165) is 35.6 Å². The average Bonchev–Trinajstić information content (AvgIpc) is 3.27. The Morgan fingerprint density at radius 1 is 1.43 bits per heavy atom. The van der Waals surface area contributed by atoms with Crippen LogP contribution in [-0.4, -0.2) is 37.4 Å². The predicted octanol–water partition coefficient (Wildman–Crippen LogP) is 0.960. The Hall–Kier alpha value is -2.45. The minimum absolute atomic E-state index is 0.0813. The molecular formula is C15H18N6O2. The van der Waals surface area contributed by atoms with E-state index in [1.165, 1.54) is 0 Å². The number of ether oxygens (including phenoxy) is 1. The first-order chi connectivity index (χ1) is 11.3. The zero-order valence-corrected chi connectivity index (χ0v) is 12.8. The number of rotatable bonds is 5. The molecular weight excluding hydrogens is 296 g/mol. The van der Waals surface area contributed by atoms with E-state index in [2.05, 4.69) is 20.7 Å². The maximum atomic E-state index is 5.94. The molecule has 1 aliphatic heterocycles. The number of aromatic nitrogens is 5. The van der Waals surface area contributed by atoms with Gasteiger partial charge in [-0.25, -0.2) is 4.68 Å². The van der Waals surface area contributed by atoms with Gasteiger partial charge in [-0.05, 0) is 6.07 Å². The smallest absolute Gasteiger partial charge is 0.121 e. The van der Waals surface area contributed by atoms with Crippen molar-refractivity contribution in [3.05, 3.63) is 42.2 Å². The Kier molecular flexibility index (Phi) is 3.68. The van der Waals surface area contributed by atoms with Gasteiger partial charge in [-0.1, -0.05) is 5.21 Å². The molecule has 1 aliphatic rings. The van der Waals surface area contributed by atoms with Gasteiger partial charge in [0.05, 0.1) is 43.7 Å². The molecule has 8 heteroatoms. The Balaban J connectivity index is 1.39. The molecule has 0 spiro atoms. The van der Waals surface area contributed by atoms with E-state index in [1.54, 1.807) is 23.4 Å². The first-order valence-electron chi connectivity index (χ1n) is 7.54. The summed E-state index contributed by atoms with van der Waals surface area (Å²) in [4.78, 5) is 0. The van der Waals surface area contributed by atoms with Crippen molar-refractivity contribution < 1.29 is 9.15 Å². The van der Waals surface area contributed by atoms with Crippen LogP contribution in [0.4, 0.5) is 0 Å². The van der Waals surface area contributed by atoms with Gasteiger partial charge in [0.15, 0.2) is 0 Å². The van der Waals surface area contributed by atoms with Crippen molar-refractivity contribution in [2.75, 3.05) is 6.54 Å². The van der Waals surface area contributed by atoms with Gasteiger partial charge in [0.2, 0.25) is 0 Å². The van der Waals surface area contributed by atoms with Crippen molar-refractivity contribution in [3.63, 3.8) is 0 Å². The highest BCUT2D eigenvalue weighted by Crippen LogP contribution is 2.24. The fourth-order valence-corrected chi connectivity index (χ4v) is 2.73. The fraction of sp³-hybridized carbons (Fsp3) is 0.400. The second kappa shape index (κ2) is 5.98. The highest BCUT2D eigenvalue weighted by atomic mass is 16.5. The zero-order valence-electron chi connectivity index (χ0n) is 12.8. The third-order valence-electron chi connectivity index (χ3n) is 3.93. The fourth-order valence-electron chi connectivity index (χ4n) is 2.73. The summed E-state index contributed by atoms with van der Waals surface area (Å²) in [5.41, 5.74) is 3.95. The standard InChI is InChI=1S/C15H18N6O2/c1-20-7-12(5-17-20)15-14-10-23-13(8-21(14)19-18-15)6-16-4-11-2-3-22-9-11/h2-3,5,7,9,13,16H,4,6,8,10H2,1H3. The first kappa shape index (κ1) is 14.2. The molecule has 4 heterocycles. The summed E-state index contributed by atoms with van der Waals surface area (Å²) in [6.45, 7) is 2.73. The molecule has 1 unspecified atom stereocenters. The van der Waals surface area contributed by atoms with Crippen LogP contribution >= 0.6 is 0 Å². The average molecular weight is 314 g/mol. The van der Waals surface area contributed by atoms with Crippen molar-refractivity contribution in [1.82, 2.24) is 30.1 Å². The number of aryl methyl sites for hydroxylation is 1. The van der Waals surface area contributed by atoms with E-state index >= 15 is 0 Å². The number of nitrogens with one attached hydrogen (secondary N) is 1. The van der Waals surface area contributed by atoms with Gasteiger partial charge >= 0.3 is 0 Å². The van der Waals surface area contributed by atoms with Gasteiger partial charge in [0, 0.05) is 37.5 Å². The van der Waals surface area contributed by atoms with Crippen LogP contribution < -0.4 is 5.32 Å². The van der Waals surface area contributed by atoms with Crippen molar-refractivity contribution in [1.29, 1.82) is 0 Å². The van der Waals surface area contributed by atoms with Crippen LogP contribution in [0.3, 0.4) is 0 Å². The lowest BCUT2D eigenvalue weighted by Crippen LogP contribution is -2.36. The molecule has 23 heavy (non-hydrogen) atoms. The number of fused-ring (bicyclic) bond motifs is 1. The second-order valence-electron chi connectivity index (χ2n) is 5.67. The number of nitrogens with zero attached hydrogens (tertiary/aromatic N) is 5. The van der Waals surface area contributed by atoms with E-state index < -0.39 is 0 Å². The highest BCUT2D eigenvalue weighted by Gasteiger charge is 2.24. The lowest BCUT2D eigenvalue weighted by Gasteiger charge is -2.24. The van der Waals surface area contributed by atoms with Gasteiger partial charge in [-0.3, -0.25) is 4.68 Å². The van der Waals surface area contributed by atoms with E-state index in [-0.39, 0.29) is 6.10 Å². The van der Waals surface area contributed by atoms with Crippen LogP contribution in [0.5, 0.6) is 0 Å². The molecule has 0 saturated heterocycles. The van der Waals surface area contributed by atoms with Gasteiger partial charge in [-0.15, -0.1) is 5.10 Å². The van der Waals surface area contributed by atoms with Gasteiger partial charge in [-0.2, -0.15) is 5.10 Å². The third-order valence-corrected chi connectivity index (χ3v) is 3.93. The summed E-state index contributed by atoms with van der Waals surface area (Å²) < 4.78 is 14.7. The topological polar surface area (TPSA) is 82.9 Å². The maximum Gasteiger partial charge on any atom is 0.121 e. The Labute approximate surface area is 133 Å². The van der Waals surface area contributed by atoms with E-state index in [4.69, 9.17) is 9.15 Å². The lowest BCUT2D eigenvalue weighted by atomic mass is 10.2. The number of hydrogen-bond donors (Lipinski definition) is 1. The van der Waals surface area contributed by atoms with Crippen LogP contribution in [-0.2, 0) is 31.5 Å². The van der Waals surface area contributed by atoms with E-state index in [1.807, 2.05) is 24.0 Å². The molecule has 8 nitrogen and oxygen atoms in total. The molecule has 3 aromatic heterocycles. The Bertz CT molecular complexity index is 776. The monoisotopic (exact) mass is 314 g/mol. The first-order valence-corrected chi connectivity index (χ1v) is 7.54. The van der Waals surface area contributed by atoms with Crippen LogP contribution in [0, 0.1) is 0 Å². The summed E-state index contributed by atoms with van der Waals surface area (Å²) in [6.07, 6.45) is 7.23. The summed E-state index contributed by atoms with van der Waals surface area (Å²) in [6, 6.07) is 1.95. The van der Waals surface area contributed by atoms with Crippen LogP contribution in [0.1, 0.15) is 11.3 Å². The summed E-state index contributed by atoms with van der Waals surface area (Å²) in [7, 11) is 1.89. The molecule has 1 atom stereocenters. The SMILES string of the molecule is Cn1cc(-c2nnn3c2COC(CNCc2ccoc2)C3)cn1. The zero-order chi connectivity index (χ0) is 15.6. The molecule has 0 aliphatic carbocycles. The minimum atomic E-state index is 0.0813. The molecule has 0 radical (unpaired) electrons. The lowest BCUT2D eigenvalue weighted by molar-refractivity contribution is 0.00125.